The van der Waals surface area contributed by atoms with E-state index >= 15 is 0 Å². The summed E-state index contributed by atoms with van der Waals surface area (Å²) in [7, 11) is 2.10. The van der Waals surface area contributed by atoms with Gasteiger partial charge >= 0.3 is 0 Å². The molecule has 1 rings (SSSR count). The van der Waals surface area contributed by atoms with E-state index < -0.39 is 5.54 Å². The second-order valence-corrected chi connectivity index (χ2v) is 5.50. The Balaban J connectivity index is 2.31. The van der Waals surface area contributed by atoms with Gasteiger partial charge in [0.15, 0.2) is 0 Å². The third-order valence-electron chi connectivity index (χ3n) is 3.48. The minimum atomic E-state index is -0.421. The van der Waals surface area contributed by atoms with E-state index in [0.717, 1.165) is 44.6 Å². The molecule has 0 saturated carbocycles. The van der Waals surface area contributed by atoms with Crippen LogP contribution in [-0.2, 0) is 6.42 Å². The Morgan fingerprint density at radius 1 is 1.40 bits per heavy atom. The van der Waals surface area contributed by atoms with Gasteiger partial charge in [-0.25, -0.2) is 0 Å². The van der Waals surface area contributed by atoms with Gasteiger partial charge in [0, 0.05) is 31.4 Å². The van der Waals surface area contributed by atoms with Gasteiger partial charge in [0.2, 0.25) is 0 Å². The Kier molecular flexibility index (Phi) is 7.21. The normalized spacial score (nSPS) is 13.9. The summed E-state index contributed by atoms with van der Waals surface area (Å²) in [5.41, 5.74) is 0.696. The van der Waals surface area contributed by atoms with Gasteiger partial charge in [-0.3, -0.25) is 10.3 Å². The van der Waals surface area contributed by atoms with Gasteiger partial charge < -0.3 is 4.90 Å². The Morgan fingerprint density at radius 2 is 2.20 bits per heavy atom. The van der Waals surface area contributed by atoms with Crippen LogP contribution in [0.3, 0.4) is 0 Å². The van der Waals surface area contributed by atoms with E-state index in [1.54, 1.807) is 0 Å². The minimum absolute atomic E-state index is 0.421. The molecule has 0 aromatic carbocycles. The lowest BCUT2D eigenvalue weighted by Crippen LogP contribution is -2.44. The molecule has 1 N–H and O–H groups in total. The molecule has 0 aliphatic heterocycles. The average molecular weight is 274 g/mol. The molecule has 1 unspecified atom stereocenters. The van der Waals surface area contributed by atoms with Crippen LogP contribution in [0.5, 0.6) is 0 Å². The second-order valence-electron chi connectivity index (χ2n) is 5.50. The van der Waals surface area contributed by atoms with Crippen molar-refractivity contribution in [3.05, 3.63) is 30.1 Å². The van der Waals surface area contributed by atoms with E-state index in [4.69, 9.17) is 0 Å². The molecule has 0 radical (unpaired) electrons. The van der Waals surface area contributed by atoms with Crippen LogP contribution in [0.15, 0.2) is 24.4 Å². The molecule has 1 atom stereocenters. The lowest BCUT2D eigenvalue weighted by Gasteiger charge is -2.26. The number of nitriles is 1. The molecule has 0 bridgehead atoms. The minimum Gasteiger partial charge on any atom is -0.306 e. The monoisotopic (exact) mass is 274 g/mol. The van der Waals surface area contributed by atoms with Crippen LogP contribution >= 0.6 is 0 Å². The van der Waals surface area contributed by atoms with Gasteiger partial charge in [0.05, 0.1) is 6.07 Å². The molecule has 1 aromatic rings. The number of rotatable bonds is 9. The van der Waals surface area contributed by atoms with E-state index in [0.29, 0.717) is 0 Å². The zero-order chi connectivity index (χ0) is 14.8. The van der Waals surface area contributed by atoms with Gasteiger partial charge in [0.25, 0.3) is 0 Å². The van der Waals surface area contributed by atoms with E-state index in [9.17, 15) is 5.26 Å². The highest BCUT2D eigenvalue weighted by atomic mass is 15.1. The van der Waals surface area contributed by atoms with Crippen molar-refractivity contribution in [1.29, 1.82) is 5.26 Å². The Hall–Kier alpha value is -1.44. The summed E-state index contributed by atoms with van der Waals surface area (Å²) in [6, 6.07) is 8.40. The lowest BCUT2D eigenvalue weighted by molar-refractivity contribution is 0.290. The summed E-state index contributed by atoms with van der Waals surface area (Å²) in [6.45, 7) is 6.86. The SMILES string of the molecule is CCCNC(C)(C#N)CCN(C)CCc1ccccn1. The maximum absolute atomic E-state index is 9.29. The summed E-state index contributed by atoms with van der Waals surface area (Å²) in [5, 5.41) is 12.6. The van der Waals surface area contributed by atoms with Crippen molar-refractivity contribution in [1.82, 2.24) is 15.2 Å². The van der Waals surface area contributed by atoms with Crippen molar-refractivity contribution in [3.63, 3.8) is 0 Å². The molecule has 0 aliphatic carbocycles. The molecule has 20 heavy (non-hydrogen) atoms. The average Bonchev–Trinajstić information content (AvgIpc) is 2.50. The summed E-state index contributed by atoms with van der Waals surface area (Å²) in [5.74, 6) is 0. The first kappa shape index (κ1) is 16.6. The number of hydrogen-bond acceptors (Lipinski definition) is 4. The number of nitrogens with one attached hydrogen (secondary N) is 1. The predicted octanol–water partition coefficient (Wildman–Crippen LogP) is 2.23. The third-order valence-corrected chi connectivity index (χ3v) is 3.48. The van der Waals surface area contributed by atoms with E-state index in [1.807, 2.05) is 25.3 Å². The highest BCUT2D eigenvalue weighted by Crippen LogP contribution is 2.09. The number of likely N-dealkylation sites (N-methyl/N-ethyl adjacent to an activating group) is 1. The van der Waals surface area contributed by atoms with Gasteiger partial charge in [-0.1, -0.05) is 13.0 Å². The maximum Gasteiger partial charge on any atom is 0.105 e. The lowest BCUT2D eigenvalue weighted by atomic mass is 9.99. The molecule has 0 aliphatic rings. The van der Waals surface area contributed by atoms with Crippen molar-refractivity contribution in [2.45, 2.75) is 38.6 Å². The van der Waals surface area contributed by atoms with Crippen LogP contribution in [0, 0.1) is 11.3 Å². The van der Waals surface area contributed by atoms with E-state index in [1.165, 1.54) is 0 Å². The first-order valence-corrected chi connectivity index (χ1v) is 7.34. The molecule has 4 nitrogen and oxygen atoms in total. The van der Waals surface area contributed by atoms with E-state index in [2.05, 4.69) is 41.3 Å². The van der Waals surface area contributed by atoms with Crippen molar-refractivity contribution in [3.8, 4) is 6.07 Å². The van der Waals surface area contributed by atoms with Gasteiger partial charge in [-0.05, 0) is 45.5 Å². The third kappa shape index (κ3) is 6.14. The van der Waals surface area contributed by atoms with Crippen LogP contribution in [0.25, 0.3) is 0 Å². The zero-order valence-corrected chi connectivity index (χ0v) is 12.9. The van der Waals surface area contributed by atoms with Crippen molar-refractivity contribution in [2.24, 2.45) is 0 Å². The van der Waals surface area contributed by atoms with Crippen LogP contribution < -0.4 is 5.32 Å². The Morgan fingerprint density at radius 3 is 2.80 bits per heavy atom. The van der Waals surface area contributed by atoms with Crippen molar-refractivity contribution in [2.75, 3.05) is 26.7 Å². The maximum atomic E-state index is 9.29. The molecule has 1 aromatic heterocycles. The molecule has 4 heteroatoms. The largest absolute Gasteiger partial charge is 0.306 e. The van der Waals surface area contributed by atoms with Crippen LogP contribution in [0.4, 0.5) is 0 Å². The van der Waals surface area contributed by atoms with Crippen LogP contribution in [-0.4, -0.2) is 42.1 Å². The predicted molar refractivity (Wildman–Crippen MR) is 82.4 cm³/mol. The van der Waals surface area contributed by atoms with Crippen LogP contribution in [0.2, 0.25) is 0 Å². The molecule has 110 valence electrons. The van der Waals surface area contributed by atoms with Crippen LogP contribution in [0.1, 0.15) is 32.4 Å². The molecule has 1 heterocycles. The van der Waals surface area contributed by atoms with Crippen molar-refractivity contribution >= 4 is 0 Å². The van der Waals surface area contributed by atoms with Gasteiger partial charge in [-0.15, -0.1) is 0 Å². The molecule has 0 amide bonds. The Labute approximate surface area is 122 Å². The highest BCUT2D eigenvalue weighted by molar-refractivity contribution is 5.05. The Bertz CT molecular complexity index is 412. The fraction of sp³-hybridized carbons (Fsp3) is 0.625. The molecule has 0 fully saturated rings. The fourth-order valence-electron chi connectivity index (χ4n) is 1.96. The summed E-state index contributed by atoms with van der Waals surface area (Å²) in [6.07, 6.45) is 4.66. The van der Waals surface area contributed by atoms with E-state index in [-0.39, 0.29) is 0 Å². The number of aromatic nitrogens is 1. The highest BCUT2D eigenvalue weighted by Gasteiger charge is 2.22. The van der Waals surface area contributed by atoms with Crippen molar-refractivity contribution < 1.29 is 0 Å². The smallest absolute Gasteiger partial charge is 0.105 e. The fourth-order valence-corrected chi connectivity index (χ4v) is 1.96. The van der Waals surface area contributed by atoms with Gasteiger partial charge in [0.1, 0.15) is 5.54 Å². The quantitative estimate of drug-likeness (QED) is 0.750. The summed E-state index contributed by atoms with van der Waals surface area (Å²) in [4.78, 5) is 6.59. The topological polar surface area (TPSA) is 52.0 Å². The molecule has 0 saturated heterocycles. The van der Waals surface area contributed by atoms with Gasteiger partial charge in [-0.2, -0.15) is 5.26 Å². The molecule has 0 spiro atoms. The number of pyridine rings is 1. The standard InChI is InChI=1S/C16H26N4/c1-4-10-19-16(2,14-17)9-13-20(3)12-8-15-7-5-6-11-18-15/h5-7,11,19H,4,8-10,12-13H2,1-3H3. The second kappa shape index (κ2) is 8.68. The molecular formula is C16H26N4. The number of hydrogen-bond donors (Lipinski definition) is 1. The summed E-state index contributed by atoms with van der Waals surface area (Å²) >= 11 is 0. The molecular weight excluding hydrogens is 248 g/mol. The first-order valence-electron chi connectivity index (χ1n) is 7.34. The zero-order valence-electron chi connectivity index (χ0n) is 12.9. The number of nitrogens with zero attached hydrogens (tertiary/aromatic N) is 3. The summed E-state index contributed by atoms with van der Waals surface area (Å²) < 4.78 is 0. The first-order chi connectivity index (χ1) is 9.59.